The zero-order valence-corrected chi connectivity index (χ0v) is 46.6. The molecule has 8 nitrogen and oxygen atoms in total. The van der Waals surface area contributed by atoms with Gasteiger partial charge in [0.2, 0.25) is 0 Å². The second-order valence-electron chi connectivity index (χ2n) is 18.9. The average Bonchev–Trinajstić information content (AvgIpc) is 4.27. The van der Waals surface area contributed by atoms with Gasteiger partial charge in [-0.25, -0.2) is 4.79 Å². The highest BCUT2D eigenvalue weighted by atomic mass is 79.9. The maximum atomic E-state index is 14.7. The molecule has 4 atom stereocenters. The number of rotatable bonds is 18. The van der Waals surface area contributed by atoms with Crippen molar-refractivity contribution in [2.75, 3.05) is 38.1 Å². The lowest BCUT2D eigenvalue weighted by Crippen LogP contribution is -2.35. The lowest BCUT2D eigenvalue weighted by atomic mass is 9.83. The van der Waals surface area contributed by atoms with Gasteiger partial charge < -0.3 is 34.3 Å². The van der Waals surface area contributed by atoms with E-state index in [-0.39, 0.29) is 24.3 Å². The molecule has 2 N–H and O–H groups in total. The van der Waals surface area contributed by atoms with Crippen LogP contribution in [-0.2, 0) is 32.7 Å². The van der Waals surface area contributed by atoms with Crippen LogP contribution in [0.3, 0.4) is 0 Å². The molecule has 10 rings (SSSR count). The van der Waals surface area contributed by atoms with Gasteiger partial charge in [0.25, 0.3) is 0 Å². The molecule has 0 aliphatic carbocycles. The van der Waals surface area contributed by atoms with Crippen molar-refractivity contribution < 1.29 is 28.5 Å². The van der Waals surface area contributed by atoms with Gasteiger partial charge in [-0.15, -0.1) is 0 Å². The molecule has 4 unspecified atom stereocenters. The van der Waals surface area contributed by atoms with Crippen molar-refractivity contribution in [2.45, 2.75) is 68.4 Å². The summed E-state index contributed by atoms with van der Waals surface area (Å²) in [7, 11) is 3.31. The standard InChI is InChI=1S/C62H56Br3ClN2O6/c1-70-47-29-21-43(22-30-47)49(41-17-25-45(26-18-41)67-51(53-15-9-33-72-53)35-39-11-5-3-6-12-39)37-62(56-55(61(69)74-62)57(63)59(65)60(66)58(56)64)38-50(44-23-31-48(71-2)32-24-44)42-19-27-46(28-20-42)68-52(54-16-10-34-73-54)36-40-13-7-4-8-14-40/h3-8,11-14,17-32,37-38,51-54,67-68H,9-10,15-16,33-36H2,1-2H3. The number of hydrogen-bond acceptors (Lipinski definition) is 8. The fraction of sp³-hybridized carbons (Fsp3) is 0.242. The average molecular weight is 1200 g/mol. The van der Waals surface area contributed by atoms with E-state index in [0.717, 1.165) is 96.5 Å². The van der Waals surface area contributed by atoms with Gasteiger partial charge in [-0.05, 0) is 192 Å². The van der Waals surface area contributed by atoms with Crippen molar-refractivity contribution in [3.05, 3.63) is 233 Å². The van der Waals surface area contributed by atoms with Crippen LogP contribution in [0.4, 0.5) is 11.4 Å². The predicted molar refractivity (Wildman–Crippen MR) is 308 cm³/mol. The van der Waals surface area contributed by atoms with Gasteiger partial charge in [-0.2, -0.15) is 0 Å². The highest BCUT2D eigenvalue weighted by Crippen LogP contribution is 2.54. The number of carbonyl (C=O) groups excluding carboxylic acids is 1. The number of ether oxygens (including phenoxy) is 5. The number of halogens is 4. The maximum Gasteiger partial charge on any atom is 0.341 e. The first-order valence-corrected chi connectivity index (χ1v) is 27.7. The molecule has 3 aliphatic rings. The molecule has 12 heteroatoms. The summed E-state index contributed by atoms with van der Waals surface area (Å²) in [4.78, 5) is 14.7. The molecular weight excluding hydrogens is 1140 g/mol. The second-order valence-corrected chi connectivity index (χ2v) is 21.7. The fourth-order valence-corrected chi connectivity index (χ4v) is 12.6. The van der Waals surface area contributed by atoms with Crippen LogP contribution >= 0.6 is 59.4 Å². The fourth-order valence-electron chi connectivity index (χ4n) is 10.4. The lowest BCUT2D eigenvalue weighted by molar-refractivity contribution is 0.0298. The molecule has 3 heterocycles. The number of benzene rings is 7. The normalized spacial score (nSPS) is 19.4. The Morgan fingerprint density at radius 2 is 1.00 bits per heavy atom. The van der Waals surface area contributed by atoms with Crippen molar-refractivity contribution in [3.8, 4) is 11.5 Å². The summed E-state index contributed by atoms with van der Waals surface area (Å²) in [6.07, 6.45) is 10.0. The van der Waals surface area contributed by atoms with Gasteiger partial charge in [0.1, 0.15) is 11.5 Å². The van der Waals surface area contributed by atoms with Gasteiger partial charge in [0.15, 0.2) is 5.60 Å². The Kier molecular flexibility index (Phi) is 16.4. The molecule has 0 radical (unpaired) electrons. The predicted octanol–water partition coefficient (Wildman–Crippen LogP) is 15.7. The smallest absolute Gasteiger partial charge is 0.341 e. The van der Waals surface area contributed by atoms with Crippen molar-refractivity contribution in [2.24, 2.45) is 0 Å². The topological polar surface area (TPSA) is 87.3 Å². The Labute approximate surface area is 463 Å². The van der Waals surface area contributed by atoms with Crippen molar-refractivity contribution in [3.63, 3.8) is 0 Å². The van der Waals surface area contributed by atoms with Crippen molar-refractivity contribution in [1.29, 1.82) is 0 Å². The number of anilines is 2. The first-order chi connectivity index (χ1) is 36.1. The molecule has 3 aliphatic heterocycles. The zero-order chi connectivity index (χ0) is 51.2. The molecule has 7 aromatic carbocycles. The molecule has 0 amide bonds. The van der Waals surface area contributed by atoms with Gasteiger partial charge in [0, 0.05) is 39.1 Å². The Morgan fingerprint density at radius 3 is 1.38 bits per heavy atom. The number of esters is 1. The van der Waals surface area contributed by atoms with Crippen LogP contribution in [0, 0.1) is 0 Å². The minimum Gasteiger partial charge on any atom is -0.497 e. The molecule has 0 aromatic heterocycles. The van der Waals surface area contributed by atoms with Crippen LogP contribution < -0.4 is 20.1 Å². The van der Waals surface area contributed by atoms with Gasteiger partial charge >= 0.3 is 5.97 Å². The van der Waals surface area contributed by atoms with E-state index in [2.05, 4.69) is 155 Å². The molecule has 2 fully saturated rings. The zero-order valence-electron chi connectivity index (χ0n) is 41.1. The second kappa shape index (κ2) is 23.5. The summed E-state index contributed by atoms with van der Waals surface area (Å²) in [5, 5.41) is 8.05. The highest BCUT2D eigenvalue weighted by molar-refractivity contribution is 9.13. The molecule has 0 saturated carbocycles. The highest BCUT2D eigenvalue weighted by Gasteiger charge is 2.48. The first kappa shape index (κ1) is 51.8. The monoisotopic (exact) mass is 1200 g/mol. The third-order valence-electron chi connectivity index (χ3n) is 14.2. The number of hydrogen-bond donors (Lipinski definition) is 2. The molecule has 74 heavy (non-hydrogen) atoms. The summed E-state index contributed by atoms with van der Waals surface area (Å²) in [6, 6.07) is 54.0. The summed E-state index contributed by atoms with van der Waals surface area (Å²) >= 11 is 18.5. The quantitative estimate of drug-likeness (QED) is 0.0499. The minimum atomic E-state index is -1.54. The number of fused-ring (bicyclic) bond motifs is 1. The number of carbonyl (C=O) groups is 1. The Bertz CT molecular complexity index is 2960. The van der Waals surface area contributed by atoms with Crippen LogP contribution in [0.5, 0.6) is 11.5 Å². The van der Waals surface area contributed by atoms with Gasteiger partial charge in [-0.1, -0.05) is 121 Å². The summed E-state index contributed by atoms with van der Waals surface area (Å²) in [6.45, 7) is 1.53. The lowest BCUT2D eigenvalue weighted by Gasteiger charge is -2.28. The summed E-state index contributed by atoms with van der Waals surface area (Å²) in [5.74, 6) is 0.907. The number of nitrogens with one attached hydrogen (secondary N) is 2. The van der Waals surface area contributed by atoms with Crippen LogP contribution in [0.2, 0.25) is 5.02 Å². The van der Waals surface area contributed by atoms with E-state index in [4.69, 9.17) is 35.3 Å². The van der Waals surface area contributed by atoms with E-state index >= 15 is 0 Å². The molecule has 7 aromatic rings. The largest absolute Gasteiger partial charge is 0.497 e. The Hall–Kier alpha value is -5.66. The van der Waals surface area contributed by atoms with Crippen LogP contribution in [0.1, 0.15) is 75.0 Å². The first-order valence-electron chi connectivity index (χ1n) is 25.0. The van der Waals surface area contributed by atoms with E-state index in [1.807, 2.05) is 72.8 Å². The van der Waals surface area contributed by atoms with E-state index < -0.39 is 11.6 Å². The van der Waals surface area contributed by atoms with E-state index in [9.17, 15) is 4.79 Å². The van der Waals surface area contributed by atoms with Crippen LogP contribution in [0.25, 0.3) is 11.1 Å². The minimum absolute atomic E-state index is 0.0725. The Balaban J connectivity index is 1.12. The number of methoxy groups -OCH3 is 2. The third-order valence-corrected chi connectivity index (χ3v) is 17.9. The van der Waals surface area contributed by atoms with Crippen LogP contribution in [-0.4, -0.2) is 57.7 Å². The maximum absolute atomic E-state index is 14.7. The van der Waals surface area contributed by atoms with Gasteiger partial charge in [0.05, 0.1) is 53.6 Å². The Morgan fingerprint density at radius 1 is 0.595 bits per heavy atom. The number of cyclic esters (lactones) is 1. The molecule has 0 bridgehead atoms. The molecule has 378 valence electrons. The van der Waals surface area contributed by atoms with Crippen molar-refractivity contribution in [1.82, 2.24) is 0 Å². The summed E-state index contributed by atoms with van der Waals surface area (Å²) < 4.78 is 32.2. The summed E-state index contributed by atoms with van der Waals surface area (Å²) in [5.41, 5.74) is 8.96. The van der Waals surface area contributed by atoms with Crippen LogP contribution in [0.15, 0.2) is 183 Å². The van der Waals surface area contributed by atoms with E-state index in [1.165, 1.54) is 11.1 Å². The van der Waals surface area contributed by atoms with E-state index in [0.29, 0.717) is 41.1 Å². The SMILES string of the molecule is COc1ccc(C(=CC2(C=C(c3ccc(NC(Cc4ccccc4)C4CCCO4)cc3)c3ccc(OC)cc3)OC(=O)c3c(Br)c(Br)c(Cl)c(Br)c32)c2ccc(NC(Cc3ccccc3)C3CCCO3)cc2)cc1. The van der Waals surface area contributed by atoms with Gasteiger partial charge in [-0.3, -0.25) is 0 Å². The third kappa shape index (κ3) is 11.4. The van der Waals surface area contributed by atoms with E-state index in [1.54, 1.807) is 14.2 Å². The molecular formula is C62H56Br3ClN2O6. The van der Waals surface area contributed by atoms with Crippen molar-refractivity contribution >= 4 is 87.9 Å². The molecule has 0 spiro atoms. The molecule has 2 saturated heterocycles.